The van der Waals surface area contributed by atoms with Crippen molar-refractivity contribution in [2.75, 3.05) is 37.7 Å². The van der Waals surface area contributed by atoms with Gasteiger partial charge in [0.15, 0.2) is 0 Å². The van der Waals surface area contributed by atoms with Crippen LogP contribution < -0.4 is 13.9 Å². The first kappa shape index (κ1) is 32.9. The molecule has 1 aliphatic carbocycles. The minimum atomic E-state index is -0.0384. The van der Waals surface area contributed by atoms with Gasteiger partial charge in [-0.25, -0.2) is 0 Å². The molecule has 234 valence electrons. The Kier molecular flexibility index (Phi) is 12.1. The third-order valence-corrected chi connectivity index (χ3v) is 13.0. The number of rotatable bonds is 17. The van der Waals surface area contributed by atoms with Crippen molar-refractivity contribution in [1.82, 2.24) is 4.90 Å². The van der Waals surface area contributed by atoms with E-state index < -0.39 is 0 Å². The number of carbonyl (C=O) groups excluding carboxylic acids is 1. The molecule has 2 aromatic carbocycles. The summed E-state index contributed by atoms with van der Waals surface area (Å²) in [5, 5.41) is 19.9. The van der Waals surface area contributed by atoms with Gasteiger partial charge in [0, 0.05) is 0 Å². The molecule has 1 aromatic heterocycles. The molecular formula is C36H46N3O3Se2+. The Balaban J connectivity index is 1.55. The van der Waals surface area contributed by atoms with Gasteiger partial charge in [-0.1, -0.05) is 0 Å². The maximum atomic E-state index is 14.1. The Hall–Kier alpha value is -2.44. The van der Waals surface area contributed by atoms with E-state index >= 15 is 0 Å². The number of hydrogen-bond acceptors (Lipinski definition) is 5. The molecule has 44 heavy (non-hydrogen) atoms. The van der Waals surface area contributed by atoms with E-state index in [1.807, 2.05) is 4.90 Å². The molecule has 2 heterocycles. The van der Waals surface area contributed by atoms with Crippen LogP contribution in [0.15, 0.2) is 76.0 Å². The van der Waals surface area contributed by atoms with Crippen molar-refractivity contribution < 1.29 is 19.6 Å². The van der Waals surface area contributed by atoms with Crippen LogP contribution in [0.1, 0.15) is 69.8 Å². The first-order valence-corrected chi connectivity index (χ1v) is 19.7. The maximum absolute atomic E-state index is 14.1. The van der Waals surface area contributed by atoms with E-state index in [0.717, 1.165) is 31.6 Å². The van der Waals surface area contributed by atoms with Crippen LogP contribution in [-0.4, -0.2) is 83.2 Å². The van der Waals surface area contributed by atoms with Gasteiger partial charge in [-0.2, -0.15) is 0 Å². The number of anilines is 1. The Morgan fingerprint density at radius 3 is 2.32 bits per heavy atom. The number of allylic oxidation sites excluding steroid dienone is 3. The number of aliphatic hydroxyl groups is 2. The summed E-state index contributed by atoms with van der Waals surface area (Å²) in [4.78, 5) is 18.5. The predicted molar refractivity (Wildman–Crippen MR) is 182 cm³/mol. The molecule has 5 rings (SSSR count). The molecule has 0 amide bonds. The SMILES string of the molecule is CCCCCCN1/C(=C/C2=C(N(CCO)CCO)C(=C\c3[se]c4ccccc4[n+]3CCCCCC)/C2=O)[Se]c2ccccc21. The summed E-state index contributed by atoms with van der Waals surface area (Å²) in [5.74, 6) is 0.0660. The zero-order valence-corrected chi connectivity index (χ0v) is 29.6. The van der Waals surface area contributed by atoms with E-state index in [1.54, 1.807) is 0 Å². The number of unbranched alkanes of at least 4 members (excludes halogenated alkanes) is 6. The van der Waals surface area contributed by atoms with Gasteiger partial charge in [0.1, 0.15) is 0 Å². The fourth-order valence-corrected chi connectivity index (χ4v) is 10.8. The van der Waals surface area contributed by atoms with E-state index in [0.29, 0.717) is 24.2 Å². The van der Waals surface area contributed by atoms with Crippen molar-refractivity contribution in [3.05, 3.63) is 80.6 Å². The Labute approximate surface area is 274 Å². The Bertz CT molecular complexity index is 1530. The molecule has 8 heteroatoms. The van der Waals surface area contributed by atoms with Gasteiger partial charge >= 0.3 is 276 Å². The van der Waals surface area contributed by atoms with Crippen LogP contribution in [0.25, 0.3) is 15.9 Å². The van der Waals surface area contributed by atoms with Crippen molar-refractivity contribution in [2.45, 2.75) is 71.8 Å². The number of para-hydroxylation sites is 2. The number of aliphatic hydroxyl groups excluding tert-OH is 2. The number of nitrogens with zero attached hydrogens (tertiary/aromatic N) is 3. The van der Waals surface area contributed by atoms with Crippen LogP contribution in [0.3, 0.4) is 0 Å². The quantitative estimate of drug-likeness (QED) is 0.0927. The summed E-state index contributed by atoms with van der Waals surface area (Å²) in [6.07, 6.45) is 13.8. The molecule has 1 aliphatic heterocycles. The summed E-state index contributed by atoms with van der Waals surface area (Å²) in [6, 6.07) is 17.3. The molecule has 0 radical (unpaired) electrons. The van der Waals surface area contributed by atoms with E-state index in [9.17, 15) is 15.0 Å². The summed E-state index contributed by atoms with van der Waals surface area (Å²) < 4.78 is 7.57. The normalized spacial score (nSPS) is 16.5. The van der Waals surface area contributed by atoms with E-state index in [2.05, 4.69) is 84.0 Å². The summed E-state index contributed by atoms with van der Waals surface area (Å²) in [7, 11) is 0. The fraction of sp³-hybridized carbons (Fsp3) is 0.444. The Morgan fingerprint density at radius 2 is 1.57 bits per heavy atom. The van der Waals surface area contributed by atoms with Gasteiger partial charge in [-0.3, -0.25) is 0 Å². The zero-order valence-electron chi connectivity index (χ0n) is 26.1. The molecule has 0 saturated carbocycles. The molecule has 0 bridgehead atoms. The molecule has 2 aliphatic rings. The van der Waals surface area contributed by atoms with Crippen LogP contribution in [0.4, 0.5) is 5.69 Å². The first-order chi connectivity index (χ1) is 21.6. The van der Waals surface area contributed by atoms with Crippen LogP contribution in [0.2, 0.25) is 0 Å². The molecule has 3 aromatic rings. The van der Waals surface area contributed by atoms with Crippen molar-refractivity contribution in [1.29, 1.82) is 0 Å². The number of aromatic nitrogens is 1. The number of benzene rings is 2. The molecule has 2 N–H and O–H groups in total. The summed E-state index contributed by atoms with van der Waals surface area (Å²) in [5.41, 5.74) is 4.82. The third kappa shape index (κ3) is 7.33. The number of aryl methyl sites for hydroxylation is 1. The predicted octanol–water partition coefficient (Wildman–Crippen LogP) is 4.54. The van der Waals surface area contributed by atoms with Gasteiger partial charge in [0.2, 0.25) is 0 Å². The van der Waals surface area contributed by atoms with Gasteiger partial charge in [0.25, 0.3) is 0 Å². The van der Waals surface area contributed by atoms with E-state index in [4.69, 9.17) is 0 Å². The summed E-state index contributed by atoms with van der Waals surface area (Å²) >= 11 is 0.219. The number of hydrogen-bond donors (Lipinski definition) is 2. The zero-order chi connectivity index (χ0) is 30.9. The second-order valence-electron chi connectivity index (χ2n) is 11.5. The molecule has 0 unspecified atom stereocenters. The van der Waals surface area contributed by atoms with E-state index in [1.165, 1.54) is 67.6 Å². The first-order valence-electron chi connectivity index (χ1n) is 16.3. The monoisotopic (exact) mass is 728 g/mol. The number of fused-ring (bicyclic) bond motifs is 2. The second-order valence-corrected chi connectivity index (χ2v) is 15.9. The van der Waals surface area contributed by atoms with Crippen molar-refractivity contribution in [3.63, 3.8) is 0 Å². The van der Waals surface area contributed by atoms with Crippen molar-refractivity contribution in [3.8, 4) is 0 Å². The van der Waals surface area contributed by atoms with Crippen molar-refractivity contribution in [2.24, 2.45) is 0 Å². The number of ketones is 1. The van der Waals surface area contributed by atoms with Crippen molar-refractivity contribution >= 4 is 61.2 Å². The number of carbonyl (C=O) groups is 1. The minimum absolute atomic E-state index is 0.0384. The van der Waals surface area contributed by atoms with E-state index in [-0.39, 0.29) is 48.5 Å². The van der Waals surface area contributed by atoms with Crippen LogP contribution >= 0.6 is 0 Å². The molecule has 6 nitrogen and oxygen atoms in total. The van der Waals surface area contributed by atoms with Gasteiger partial charge in [0.05, 0.1) is 0 Å². The molecule has 0 saturated heterocycles. The third-order valence-electron chi connectivity index (χ3n) is 8.33. The number of Topliss-reactive ketones (excluding diaryl/α,β-unsaturated/α-hetero) is 1. The second kappa shape index (κ2) is 16.2. The standard InChI is InChI=1S/C36H46N3O3Se2/c1-3-5-7-13-19-38-29-15-9-11-17-31(29)43-33(38)25-27-35(37(21-23-40)22-24-41)28(36(27)42)26-34-39(20-14-8-6-4-2)30-16-10-12-18-32(30)44-34/h9-12,15-18,25-26,40-41H,3-8,13-14,19-24H2,1-2H3/q+1. The Morgan fingerprint density at radius 1 is 0.864 bits per heavy atom. The summed E-state index contributed by atoms with van der Waals surface area (Å²) in [6.45, 7) is 7.05. The molecule has 0 spiro atoms. The van der Waals surface area contributed by atoms with Crippen LogP contribution in [0.5, 0.6) is 0 Å². The van der Waals surface area contributed by atoms with Gasteiger partial charge in [-0.15, -0.1) is 0 Å². The fourth-order valence-electron chi connectivity index (χ4n) is 6.05. The average Bonchev–Trinajstić information content (AvgIpc) is 3.57. The van der Waals surface area contributed by atoms with Crippen LogP contribution in [0, 0.1) is 0 Å². The van der Waals surface area contributed by atoms with Crippen LogP contribution in [-0.2, 0) is 11.3 Å². The molecule has 0 fully saturated rings. The topological polar surface area (TPSA) is 67.9 Å². The van der Waals surface area contributed by atoms with Gasteiger partial charge < -0.3 is 0 Å². The molecule has 0 atom stereocenters. The van der Waals surface area contributed by atoms with Gasteiger partial charge in [-0.05, 0) is 0 Å². The average molecular weight is 727 g/mol. The molecular weight excluding hydrogens is 680 g/mol.